The summed E-state index contributed by atoms with van der Waals surface area (Å²) in [6.45, 7) is 2.15. The minimum Gasteiger partial charge on any atom is -0.496 e. The van der Waals surface area contributed by atoms with Crippen LogP contribution in [-0.4, -0.2) is 26.0 Å². The molecule has 0 amide bonds. The summed E-state index contributed by atoms with van der Waals surface area (Å²) in [5, 5.41) is 0. The van der Waals surface area contributed by atoms with E-state index in [1.54, 1.807) is 7.11 Å². The van der Waals surface area contributed by atoms with Crippen LogP contribution >= 0.6 is 0 Å². The van der Waals surface area contributed by atoms with Gasteiger partial charge in [0.15, 0.2) is 5.78 Å². The molecule has 0 heterocycles. The molecule has 1 fully saturated rings. The molecule has 1 aliphatic rings. The van der Waals surface area contributed by atoms with Gasteiger partial charge >= 0.3 is 5.97 Å². The van der Waals surface area contributed by atoms with Crippen LogP contribution in [0.2, 0.25) is 0 Å². The van der Waals surface area contributed by atoms with Crippen molar-refractivity contribution in [1.82, 2.24) is 0 Å². The van der Waals surface area contributed by atoms with Crippen molar-refractivity contribution in [1.29, 1.82) is 0 Å². The Morgan fingerprint density at radius 1 is 1.10 bits per heavy atom. The zero-order chi connectivity index (χ0) is 21.1. The topological polar surface area (TPSA) is 52.6 Å². The van der Waals surface area contributed by atoms with E-state index in [1.165, 1.54) is 19.1 Å². The van der Waals surface area contributed by atoms with Gasteiger partial charge in [-0.1, -0.05) is 50.5 Å². The van der Waals surface area contributed by atoms with Gasteiger partial charge in [-0.05, 0) is 61.1 Å². The number of carbonyl (C=O) groups excluding carboxylic acids is 2. The number of para-hydroxylation sites is 1. The number of benzene rings is 1. The standard InChI is InChI=1S/C25H36O4/c1-4-5-6-13-21(26)18-17-19-10-7-14-22(19)23-15-8-11-20(25(23)29-3)12-9-16-24(27)28-2/h8,11,15,17-19,22H,4-7,9-10,12-14,16H2,1-3H3/b18-17+/t19?,22-/m0/s1. The van der Waals surface area contributed by atoms with Crippen molar-refractivity contribution in [2.75, 3.05) is 14.2 Å². The third kappa shape index (κ3) is 7.02. The highest BCUT2D eigenvalue weighted by atomic mass is 16.5. The van der Waals surface area contributed by atoms with Crippen LogP contribution in [0.3, 0.4) is 0 Å². The van der Waals surface area contributed by atoms with Gasteiger partial charge in [0.05, 0.1) is 14.2 Å². The van der Waals surface area contributed by atoms with Gasteiger partial charge in [-0.2, -0.15) is 0 Å². The van der Waals surface area contributed by atoms with Crippen molar-refractivity contribution in [2.45, 2.75) is 77.0 Å². The fraction of sp³-hybridized carbons (Fsp3) is 0.600. The first-order valence-corrected chi connectivity index (χ1v) is 11.0. The molecule has 2 rings (SSSR count). The zero-order valence-corrected chi connectivity index (χ0v) is 18.2. The molecule has 160 valence electrons. The summed E-state index contributed by atoms with van der Waals surface area (Å²) in [5.41, 5.74) is 2.37. The second-order valence-corrected chi connectivity index (χ2v) is 7.95. The number of rotatable bonds is 12. The molecule has 1 aromatic rings. The van der Waals surface area contributed by atoms with Gasteiger partial charge in [0.2, 0.25) is 0 Å². The van der Waals surface area contributed by atoms with Crippen LogP contribution in [0.1, 0.15) is 81.8 Å². The molecular weight excluding hydrogens is 364 g/mol. The molecule has 0 bridgehead atoms. The Bertz CT molecular complexity index is 692. The predicted octanol–water partition coefficient (Wildman–Crippen LogP) is 5.78. The molecule has 0 aliphatic heterocycles. The van der Waals surface area contributed by atoms with Crippen LogP contribution in [0.25, 0.3) is 0 Å². The largest absolute Gasteiger partial charge is 0.496 e. The Morgan fingerprint density at radius 3 is 2.66 bits per heavy atom. The second-order valence-electron chi connectivity index (χ2n) is 7.95. The van der Waals surface area contributed by atoms with Crippen LogP contribution in [0.4, 0.5) is 0 Å². The number of methoxy groups -OCH3 is 2. The highest BCUT2D eigenvalue weighted by Crippen LogP contribution is 2.44. The fourth-order valence-corrected chi connectivity index (χ4v) is 4.34. The van der Waals surface area contributed by atoms with E-state index in [4.69, 9.17) is 9.47 Å². The molecule has 2 atom stereocenters. The van der Waals surface area contributed by atoms with Crippen molar-refractivity contribution in [3.63, 3.8) is 0 Å². The van der Waals surface area contributed by atoms with E-state index >= 15 is 0 Å². The monoisotopic (exact) mass is 400 g/mol. The highest BCUT2D eigenvalue weighted by Gasteiger charge is 2.29. The Kier molecular flexibility index (Phi) is 9.96. The Morgan fingerprint density at radius 2 is 1.93 bits per heavy atom. The van der Waals surface area contributed by atoms with E-state index < -0.39 is 0 Å². The van der Waals surface area contributed by atoms with Crippen molar-refractivity contribution < 1.29 is 19.1 Å². The minimum atomic E-state index is -0.176. The molecule has 1 aliphatic carbocycles. The van der Waals surface area contributed by atoms with Gasteiger partial charge in [0, 0.05) is 12.8 Å². The number of allylic oxidation sites excluding steroid dienone is 2. The third-order valence-corrected chi connectivity index (χ3v) is 5.91. The first-order chi connectivity index (χ1) is 14.1. The van der Waals surface area contributed by atoms with E-state index in [-0.39, 0.29) is 11.8 Å². The summed E-state index contributed by atoms with van der Waals surface area (Å²) in [6, 6.07) is 6.32. The van der Waals surface area contributed by atoms with E-state index in [1.807, 2.05) is 6.08 Å². The zero-order valence-electron chi connectivity index (χ0n) is 18.2. The molecule has 4 nitrogen and oxygen atoms in total. The predicted molar refractivity (Wildman–Crippen MR) is 116 cm³/mol. The normalized spacial score (nSPS) is 18.9. The van der Waals surface area contributed by atoms with E-state index in [2.05, 4.69) is 31.2 Å². The molecule has 0 spiro atoms. The number of esters is 1. The molecule has 0 saturated heterocycles. The minimum absolute atomic E-state index is 0.176. The van der Waals surface area contributed by atoms with Gasteiger partial charge < -0.3 is 9.47 Å². The summed E-state index contributed by atoms with van der Waals surface area (Å²) in [6.07, 6.45) is 13.2. The van der Waals surface area contributed by atoms with Crippen LogP contribution in [0.15, 0.2) is 30.4 Å². The average Bonchev–Trinajstić information content (AvgIpc) is 3.20. The maximum Gasteiger partial charge on any atom is 0.305 e. The first kappa shape index (κ1) is 23.2. The fourth-order valence-electron chi connectivity index (χ4n) is 4.34. The van der Waals surface area contributed by atoms with E-state index in [0.29, 0.717) is 24.7 Å². The summed E-state index contributed by atoms with van der Waals surface area (Å²) < 4.78 is 10.5. The van der Waals surface area contributed by atoms with Crippen molar-refractivity contribution in [3.8, 4) is 5.75 Å². The van der Waals surface area contributed by atoms with Crippen molar-refractivity contribution in [3.05, 3.63) is 41.5 Å². The molecular formula is C25H36O4. The van der Waals surface area contributed by atoms with Crippen molar-refractivity contribution in [2.24, 2.45) is 5.92 Å². The number of ketones is 1. The van der Waals surface area contributed by atoms with Crippen LogP contribution in [-0.2, 0) is 20.7 Å². The maximum absolute atomic E-state index is 12.1. The summed E-state index contributed by atoms with van der Waals surface area (Å²) in [5.74, 6) is 1.77. The van der Waals surface area contributed by atoms with Crippen molar-refractivity contribution >= 4 is 11.8 Å². The lowest BCUT2D eigenvalue weighted by molar-refractivity contribution is -0.140. The lowest BCUT2D eigenvalue weighted by Crippen LogP contribution is -2.08. The average molecular weight is 401 g/mol. The van der Waals surface area contributed by atoms with E-state index in [0.717, 1.165) is 56.3 Å². The van der Waals surface area contributed by atoms with Gasteiger partial charge in [0.25, 0.3) is 0 Å². The van der Waals surface area contributed by atoms with Crippen LogP contribution in [0.5, 0.6) is 5.75 Å². The Balaban J connectivity index is 2.08. The number of carbonyl (C=O) groups is 2. The Hall–Kier alpha value is -2.10. The lowest BCUT2D eigenvalue weighted by Gasteiger charge is -2.22. The number of hydrogen-bond acceptors (Lipinski definition) is 4. The number of hydrogen-bond donors (Lipinski definition) is 0. The SMILES string of the molecule is CCCCCC(=O)/C=C/C1CCC[C@@H]1c1cccc(CCCC(=O)OC)c1OC. The summed E-state index contributed by atoms with van der Waals surface area (Å²) in [4.78, 5) is 23.5. The van der Waals surface area contributed by atoms with Gasteiger partial charge in [-0.15, -0.1) is 0 Å². The van der Waals surface area contributed by atoms with Crippen LogP contribution < -0.4 is 4.74 Å². The highest BCUT2D eigenvalue weighted by molar-refractivity contribution is 5.89. The molecule has 0 radical (unpaired) electrons. The molecule has 0 N–H and O–H groups in total. The lowest BCUT2D eigenvalue weighted by atomic mass is 9.86. The van der Waals surface area contributed by atoms with E-state index in [9.17, 15) is 9.59 Å². The third-order valence-electron chi connectivity index (χ3n) is 5.91. The summed E-state index contributed by atoms with van der Waals surface area (Å²) >= 11 is 0. The molecule has 1 unspecified atom stereocenters. The number of aryl methyl sites for hydroxylation is 1. The maximum atomic E-state index is 12.1. The smallest absolute Gasteiger partial charge is 0.305 e. The molecule has 29 heavy (non-hydrogen) atoms. The molecule has 1 saturated carbocycles. The molecule has 0 aromatic heterocycles. The number of ether oxygens (including phenoxy) is 2. The van der Waals surface area contributed by atoms with Crippen LogP contribution in [0, 0.1) is 5.92 Å². The van der Waals surface area contributed by atoms with Gasteiger partial charge in [-0.3, -0.25) is 9.59 Å². The molecule has 1 aromatic carbocycles. The second kappa shape index (κ2) is 12.5. The quantitative estimate of drug-likeness (QED) is 0.253. The number of unbranched alkanes of at least 4 members (excludes halogenated alkanes) is 2. The van der Waals surface area contributed by atoms with Gasteiger partial charge in [-0.25, -0.2) is 0 Å². The first-order valence-electron chi connectivity index (χ1n) is 11.0. The Labute approximate surface area is 175 Å². The molecule has 4 heteroatoms. The summed E-state index contributed by atoms with van der Waals surface area (Å²) in [7, 11) is 3.14. The van der Waals surface area contributed by atoms with Gasteiger partial charge in [0.1, 0.15) is 5.75 Å².